The van der Waals surface area contributed by atoms with Crippen LogP contribution in [-0.4, -0.2) is 36.8 Å². The monoisotopic (exact) mass is 280 g/mol. The van der Waals surface area contributed by atoms with Gasteiger partial charge in [0.2, 0.25) is 0 Å². The minimum atomic E-state index is -3.52. The number of phenols is 1. The topological polar surface area (TPSA) is 98.3 Å². The molecule has 1 aliphatic heterocycles. The summed E-state index contributed by atoms with van der Waals surface area (Å²) in [4.78, 5) is 0. The number of hydrogen-bond acceptors (Lipinski definition) is 4. The molecule has 2 aromatic rings. The first kappa shape index (κ1) is 12.0. The van der Waals surface area contributed by atoms with E-state index in [1.165, 1.54) is 6.07 Å². The Balaban J connectivity index is 2.01. The first-order valence-electron chi connectivity index (χ1n) is 5.67. The highest BCUT2D eigenvalue weighted by atomic mass is 32.2. The van der Waals surface area contributed by atoms with E-state index < -0.39 is 10.2 Å². The van der Waals surface area contributed by atoms with Crippen LogP contribution in [0.5, 0.6) is 5.75 Å². The number of rotatable bonds is 2. The van der Waals surface area contributed by atoms with Gasteiger partial charge in [0.25, 0.3) is 0 Å². The molecule has 1 saturated heterocycles. The third kappa shape index (κ3) is 2.04. The maximum Gasteiger partial charge on any atom is 0.301 e. The van der Waals surface area contributed by atoms with Gasteiger partial charge < -0.3 is 5.11 Å². The lowest BCUT2D eigenvalue weighted by Gasteiger charge is -2.17. The Morgan fingerprint density at radius 1 is 1.32 bits per heavy atom. The normalized spacial score (nSPS) is 17.8. The minimum absolute atomic E-state index is 0.0778. The molecule has 1 aromatic carbocycles. The predicted octanol–water partition coefficient (Wildman–Crippen LogP) is 0.437. The van der Waals surface area contributed by atoms with E-state index in [1.807, 2.05) is 0 Å². The molecule has 1 aromatic heterocycles. The number of hydrogen-bond donors (Lipinski definition) is 3. The van der Waals surface area contributed by atoms with Crippen LogP contribution < -0.4 is 9.03 Å². The van der Waals surface area contributed by atoms with Crippen molar-refractivity contribution in [3.05, 3.63) is 30.6 Å². The highest BCUT2D eigenvalue weighted by molar-refractivity contribution is 7.91. The summed E-state index contributed by atoms with van der Waals surface area (Å²) in [5, 5.41) is 16.5. The number of nitrogens with one attached hydrogen (secondary N) is 2. The van der Waals surface area contributed by atoms with E-state index in [-0.39, 0.29) is 11.4 Å². The van der Waals surface area contributed by atoms with Gasteiger partial charge in [0.1, 0.15) is 5.75 Å². The zero-order chi connectivity index (χ0) is 13.5. The molecule has 0 unspecified atom stereocenters. The molecule has 19 heavy (non-hydrogen) atoms. The largest absolute Gasteiger partial charge is 0.506 e. The molecule has 3 N–H and O–H groups in total. The molecule has 0 atom stereocenters. The molecular weight excluding hydrogens is 268 g/mol. The molecule has 1 fully saturated rings. The maximum absolute atomic E-state index is 11.7. The number of phenolic OH excluding ortho intramolecular Hbond substituents is 1. The summed E-state index contributed by atoms with van der Waals surface area (Å²) in [7, 11) is -3.52. The van der Waals surface area contributed by atoms with Crippen LogP contribution in [0.3, 0.4) is 0 Å². The maximum atomic E-state index is 11.7. The van der Waals surface area contributed by atoms with Gasteiger partial charge in [0.05, 0.1) is 11.9 Å². The SMILES string of the molecule is O=S1(=O)NCCN1c1ccc(-c2cn[nH]c2)cc1O. The second kappa shape index (κ2) is 4.25. The summed E-state index contributed by atoms with van der Waals surface area (Å²) in [5.41, 5.74) is 1.86. The Morgan fingerprint density at radius 2 is 2.16 bits per heavy atom. The van der Waals surface area contributed by atoms with Crippen molar-refractivity contribution in [2.24, 2.45) is 0 Å². The Labute approximate surface area is 110 Å². The van der Waals surface area contributed by atoms with Crippen LogP contribution in [0.2, 0.25) is 0 Å². The number of H-pyrrole nitrogens is 1. The first-order valence-corrected chi connectivity index (χ1v) is 7.11. The summed E-state index contributed by atoms with van der Waals surface area (Å²) >= 11 is 0. The van der Waals surface area contributed by atoms with E-state index in [2.05, 4.69) is 14.9 Å². The summed E-state index contributed by atoms with van der Waals surface area (Å²) in [5.74, 6) is -0.0778. The highest BCUT2D eigenvalue weighted by Gasteiger charge is 2.29. The number of aromatic hydroxyl groups is 1. The van der Waals surface area contributed by atoms with Crippen molar-refractivity contribution in [3.63, 3.8) is 0 Å². The molecule has 0 radical (unpaired) electrons. The third-order valence-electron chi connectivity index (χ3n) is 2.97. The lowest BCUT2D eigenvalue weighted by atomic mass is 10.1. The van der Waals surface area contributed by atoms with E-state index in [0.717, 1.165) is 15.4 Å². The quantitative estimate of drug-likeness (QED) is 0.743. The number of anilines is 1. The van der Waals surface area contributed by atoms with Crippen molar-refractivity contribution in [2.45, 2.75) is 0 Å². The van der Waals surface area contributed by atoms with E-state index in [9.17, 15) is 13.5 Å². The van der Waals surface area contributed by atoms with Crippen molar-refractivity contribution in [1.29, 1.82) is 0 Å². The smallest absolute Gasteiger partial charge is 0.301 e. The van der Waals surface area contributed by atoms with E-state index in [1.54, 1.807) is 24.5 Å². The highest BCUT2D eigenvalue weighted by Crippen LogP contribution is 2.33. The zero-order valence-corrected chi connectivity index (χ0v) is 10.7. The van der Waals surface area contributed by atoms with Gasteiger partial charge in [-0.05, 0) is 17.7 Å². The summed E-state index contributed by atoms with van der Waals surface area (Å²) < 4.78 is 27.0. The van der Waals surface area contributed by atoms with Crippen LogP contribution in [0.1, 0.15) is 0 Å². The van der Waals surface area contributed by atoms with Gasteiger partial charge in [-0.15, -0.1) is 0 Å². The van der Waals surface area contributed by atoms with Crippen LogP contribution >= 0.6 is 0 Å². The number of benzene rings is 1. The molecule has 0 saturated carbocycles. The van der Waals surface area contributed by atoms with Crippen molar-refractivity contribution in [2.75, 3.05) is 17.4 Å². The van der Waals surface area contributed by atoms with E-state index in [0.29, 0.717) is 13.1 Å². The molecule has 3 rings (SSSR count). The molecule has 0 spiro atoms. The standard InChI is InChI=1S/C11H12N4O3S/c16-11-5-8(9-6-12-13-7-9)1-2-10(11)15-4-3-14-19(15,17)18/h1-2,5-7,14,16H,3-4H2,(H,12,13). The number of aromatic nitrogens is 2. The molecule has 8 heteroatoms. The van der Waals surface area contributed by atoms with Gasteiger partial charge in [-0.2, -0.15) is 18.2 Å². The number of nitrogens with zero attached hydrogens (tertiary/aromatic N) is 2. The van der Waals surface area contributed by atoms with Gasteiger partial charge in [0, 0.05) is 24.8 Å². The van der Waals surface area contributed by atoms with Gasteiger partial charge in [0.15, 0.2) is 0 Å². The molecule has 0 bridgehead atoms. The Hall–Kier alpha value is -2.06. The van der Waals surface area contributed by atoms with Crippen LogP contribution in [-0.2, 0) is 10.2 Å². The molecule has 1 aliphatic rings. The second-order valence-corrected chi connectivity index (χ2v) is 5.84. The Bertz CT molecular complexity index is 697. The molecule has 0 amide bonds. The fourth-order valence-electron chi connectivity index (χ4n) is 2.05. The van der Waals surface area contributed by atoms with Gasteiger partial charge in [-0.1, -0.05) is 6.07 Å². The predicted molar refractivity (Wildman–Crippen MR) is 70.0 cm³/mol. The third-order valence-corrected chi connectivity index (χ3v) is 4.49. The average Bonchev–Trinajstić information content (AvgIpc) is 2.98. The summed E-state index contributed by atoms with van der Waals surface area (Å²) in [6.07, 6.45) is 3.32. The Morgan fingerprint density at radius 3 is 2.74 bits per heavy atom. The van der Waals surface area contributed by atoms with Crippen molar-refractivity contribution in [1.82, 2.24) is 14.9 Å². The van der Waals surface area contributed by atoms with Crippen molar-refractivity contribution >= 4 is 15.9 Å². The lowest BCUT2D eigenvalue weighted by Crippen LogP contribution is -2.29. The molecule has 7 nitrogen and oxygen atoms in total. The van der Waals surface area contributed by atoms with Crippen LogP contribution in [0.25, 0.3) is 11.1 Å². The first-order chi connectivity index (χ1) is 9.08. The van der Waals surface area contributed by atoms with E-state index >= 15 is 0 Å². The van der Waals surface area contributed by atoms with Crippen molar-refractivity contribution < 1.29 is 13.5 Å². The zero-order valence-electron chi connectivity index (χ0n) is 9.87. The second-order valence-electron chi connectivity index (χ2n) is 4.16. The molecule has 2 heterocycles. The van der Waals surface area contributed by atoms with Crippen molar-refractivity contribution in [3.8, 4) is 16.9 Å². The lowest BCUT2D eigenvalue weighted by molar-refractivity contribution is 0.476. The molecule has 100 valence electrons. The Kier molecular flexibility index (Phi) is 2.68. The molecular formula is C11H12N4O3S. The minimum Gasteiger partial charge on any atom is -0.506 e. The summed E-state index contributed by atoms with van der Waals surface area (Å²) in [6, 6.07) is 4.85. The fourth-order valence-corrected chi connectivity index (χ4v) is 3.30. The fraction of sp³-hybridized carbons (Fsp3) is 0.182. The van der Waals surface area contributed by atoms with Gasteiger partial charge in [-0.3, -0.25) is 9.40 Å². The molecule has 0 aliphatic carbocycles. The van der Waals surface area contributed by atoms with Crippen LogP contribution in [0.15, 0.2) is 30.6 Å². The number of aromatic amines is 1. The summed E-state index contributed by atoms with van der Waals surface area (Å²) in [6.45, 7) is 0.645. The van der Waals surface area contributed by atoms with Crippen LogP contribution in [0.4, 0.5) is 5.69 Å². The average molecular weight is 280 g/mol. The van der Waals surface area contributed by atoms with Crippen LogP contribution in [0, 0.1) is 0 Å². The van der Waals surface area contributed by atoms with Gasteiger partial charge >= 0.3 is 10.2 Å². The van der Waals surface area contributed by atoms with Gasteiger partial charge in [-0.25, -0.2) is 0 Å². The van der Waals surface area contributed by atoms with E-state index in [4.69, 9.17) is 0 Å².